The lowest BCUT2D eigenvalue weighted by Crippen LogP contribution is -2.39. The SMILES string of the molecule is CCNC(CC(C)(C)OC)C1CC1c1ccccc1. The fraction of sp³-hybridized carbons (Fsp3) is 0.647. The van der Waals surface area contributed by atoms with Gasteiger partial charge < -0.3 is 10.1 Å². The smallest absolute Gasteiger partial charge is 0.0637 e. The molecular formula is C17H27NO. The van der Waals surface area contributed by atoms with E-state index in [1.807, 2.05) is 7.11 Å². The second kappa shape index (κ2) is 6.06. The van der Waals surface area contributed by atoms with Crippen LogP contribution in [0.15, 0.2) is 30.3 Å². The normalized spacial score (nSPS) is 24.2. The Hall–Kier alpha value is -0.860. The van der Waals surface area contributed by atoms with Crippen LogP contribution in [-0.4, -0.2) is 25.3 Å². The summed E-state index contributed by atoms with van der Waals surface area (Å²) in [4.78, 5) is 0. The van der Waals surface area contributed by atoms with Crippen LogP contribution < -0.4 is 5.32 Å². The lowest BCUT2D eigenvalue weighted by molar-refractivity contribution is 0.00513. The van der Waals surface area contributed by atoms with Crippen LogP contribution in [0.3, 0.4) is 0 Å². The Balaban J connectivity index is 1.99. The lowest BCUT2D eigenvalue weighted by Gasteiger charge is -2.29. The van der Waals surface area contributed by atoms with Gasteiger partial charge in [0.25, 0.3) is 0 Å². The first kappa shape index (κ1) is 14.5. The van der Waals surface area contributed by atoms with Crippen LogP contribution in [0.25, 0.3) is 0 Å². The average Bonchev–Trinajstić information content (AvgIpc) is 3.19. The predicted molar refractivity (Wildman–Crippen MR) is 80.5 cm³/mol. The van der Waals surface area contributed by atoms with Gasteiger partial charge in [0, 0.05) is 13.2 Å². The molecule has 1 fully saturated rings. The summed E-state index contributed by atoms with van der Waals surface area (Å²) in [5, 5.41) is 3.65. The largest absolute Gasteiger partial charge is 0.379 e. The Morgan fingerprint density at radius 1 is 1.32 bits per heavy atom. The molecule has 1 aromatic rings. The van der Waals surface area contributed by atoms with Crippen molar-refractivity contribution in [3.05, 3.63) is 35.9 Å². The molecule has 0 saturated heterocycles. The predicted octanol–water partition coefficient (Wildman–Crippen LogP) is 3.58. The summed E-state index contributed by atoms with van der Waals surface area (Å²) >= 11 is 0. The number of methoxy groups -OCH3 is 1. The summed E-state index contributed by atoms with van der Waals surface area (Å²) in [5.41, 5.74) is 1.45. The molecule has 2 heteroatoms. The molecule has 1 saturated carbocycles. The van der Waals surface area contributed by atoms with E-state index in [1.165, 1.54) is 12.0 Å². The zero-order valence-electron chi connectivity index (χ0n) is 12.6. The zero-order valence-corrected chi connectivity index (χ0v) is 12.6. The number of benzene rings is 1. The van der Waals surface area contributed by atoms with Gasteiger partial charge in [-0.25, -0.2) is 0 Å². The van der Waals surface area contributed by atoms with Gasteiger partial charge in [0.2, 0.25) is 0 Å². The molecule has 1 N–H and O–H groups in total. The van der Waals surface area contributed by atoms with Crippen molar-refractivity contribution in [2.45, 2.75) is 51.2 Å². The van der Waals surface area contributed by atoms with Crippen LogP contribution in [0.4, 0.5) is 0 Å². The van der Waals surface area contributed by atoms with Gasteiger partial charge in [0.15, 0.2) is 0 Å². The fourth-order valence-electron chi connectivity index (χ4n) is 2.99. The molecule has 0 amide bonds. The standard InChI is InChI=1S/C17H27NO/c1-5-18-16(12-17(2,3)19-4)15-11-14(15)13-9-7-6-8-10-13/h6-10,14-16,18H,5,11-12H2,1-4H3. The monoisotopic (exact) mass is 261 g/mol. The Morgan fingerprint density at radius 3 is 2.58 bits per heavy atom. The molecule has 0 radical (unpaired) electrons. The highest BCUT2D eigenvalue weighted by molar-refractivity contribution is 5.26. The Labute approximate surface area is 117 Å². The maximum Gasteiger partial charge on any atom is 0.0637 e. The summed E-state index contributed by atoms with van der Waals surface area (Å²) in [6.45, 7) is 7.57. The molecule has 0 aliphatic heterocycles. The van der Waals surface area contributed by atoms with Gasteiger partial charge in [-0.3, -0.25) is 0 Å². The van der Waals surface area contributed by atoms with E-state index < -0.39 is 0 Å². The molecule has 106 valence electrons. The average molecular weight is 261 g/mol. The number of ether oxygens (including phenoxy) is 1. The molecule has 1 aliphatic carbocycles. The topological polar surface area (TPSA) is 21.3 Å². The summed E-state index contributed by atoms with van der Waals surface area (Å²) in [6.07, 6.45) is 2.38. The van der Waals surface area contributed by atoms with Crippen molar-refractivity contribution in [1.29, 1.82) is 0 Å². The van der Waals surface area contributed by atoms with Gasteiger partial charge >= 0.3 is 0 Å². The van der Waals surface area contributed by atoms with Crippen LogP contribution in [0.2, 0.25) is 0 Å². The van der Waals surface area contributed by atoms with E-state index in [2.05, 4.69) is 56.4 Å². The first-order valence-electron chi connectivity index (χ1n) is 7.41. The van der Waals surface area contributed by atoms with Crippen molar-refractivity contribution in [3.63, 3.8) is 0 Å². The molecule has 2 rings (SSSR count). The Morgan fingerprint density at radius 2 is 2.00 bits per heavy atom. The van der Waals surface area contributed by atoms with Crippen LogP contribution in [0.1, 0.15) is 45.1 Å². The number of nitrogens with one attached hydrogen (secondary N) is 1. The summed E-state index contributed by atoms with van der Waals surface area (Å²) in [7, 11) is 1.81. The molecule has 3 atom stereocenters. The third-order valence-electron chi connectivity index (χ3n) is 4.31. The zero-order chi connectivity index (χ0) is 13.9. The van der Waals surface area contributed by atoms with Crippen molar-refractivity contribution in [3.8, 4) is 0 Å². The second-order valence-electron chi connectivity index (χ2n) is 6.25. The lowest BCUT2D eigenvalue weighted by atomic mass is 9.94. The van der Waals surface area contributed by atoms with Crippen LogP contribution in [-0.2, 0) is 4.74 Å². The molecule has 0 spiro atoms. The van der Waals surface area contributed by atoms with Crippen molar-refractivity contribution in [2.75, 3.05) is 13.7 Å². The van der Waals surface area contributed by atoms with E-state index in [1.54, 1.807) is 0 Å². The van der Waals surface area contributed by atoms with Gasteiger partial charge in [-0.2, -0.15) is 0 Å². The van der Waals surface area contributed by atoms with Gasteiger partial charge in [0.1, 0.15) is 0 Å². The third-order valence-corrected chi connectivity index (χ3v) is 4.31. The minimum atomic E-state index is -0.0450. The van der Waals surface area contributed by atoms with E-state index in [0.717, 1.165) is 24.8 Å². The highest BCUT2D eigenvalue weighted by atomic mass is 16.5. The van der Waals surface area contributed by atoms with E-state index in [-0.39, 0.29) is 5.60 Å². The number of rotatable bonds is 7. The first-order valence-corrected chi connectivity index (χ1v) is 7.41. The van der Waals surface area contributed by atoms with Crippen LogP contribution >= 0.6 is 0 Å². The highest BCUT2D eigenvalue weighted by Crippen LogP contribution is 2.50. The fourth-order valence-corrected chi connectivity index (χ4v) is 2.99. The highest BCUT2D eigenvalue weighted by Gasteiger charge is 2.44. The van der Waals surface area contributed by atoms with Gasteiger partial charge in [-0.15, -0.1) is 0 Å². The maximum absolute atomic E-state index is 5.59. The van der Waals surface area contributed by atoms with E-state index in [0.29, 0.717) is 6.04 Å². The molecule has 1 aromatic carbocycles. The van der Waals surface area contributed by atoms with E-state index in [9.17, 15) is 0 Å². The summed E-state index contributed by atoms with van der Waals surface area (Å²) in [5.74, 6) is 1.50. The Kier molecular flexibility index (Phi) is 4.64. The van der Waals surface area contributed by atoms with Gasteiger partial charge in [-0.05, 0) is 50.6 Å². The van der Waals surface area contributed by atoms with Gasteiger partial charge in [0.05, 0.1) is 5.60 Å². The molecule has 0 heterocycles. The van der Waals surface area contributed by atoms with Gasteiger partial charge in [-0.1, -0.05) is 37.3 Å². The molecule has 3 unspecified atom stereocenters. The molecule has 2 nitrogen and oxygen atoms in total. The molecule has 0 aromatic heterocycles. The Bertz CT molecular complexity index is 388. The van der Waals surface area contributed by atoms with Crippen LogP contribution in [0.5, 0.6) is 0 Å². The minimum Gasteiger partial charge on any atom is -0.379 e. The molecule has 1 aliphatic rings. The quantitative estimate of drug-likeness (QED) is 0.810. The molecule has 0 bridgehead atoms. The third kappa shape index (κ3) is 3.80. The first-order chi connectivity index (χ1) is 9.07. The summed E-state index contributed by atoms with van der Waals surface area (Å²) < 4.78 is 5.59. The minimum absolute atomic E-state index is 0.0450. The van der Waals surface area contributed by atoms with Crippen molar-refractivity contribution >= 4 is 0 Å². The number of hydrogen-bond acceptors (Lipinski definition) is 2. The molecule has 19 heavy (non-hydrogen) atoms. The van der Waals surface area contributed by atoms with E-state index >= 15 is 0 Å². The van der Waals surface area contributed by atoms with Crippen LogP contribution in [0, 0.1) is 5.92 Å². The van der Waals surface area contributed by atoms with E-state index in [4.69, 9.17) is 4.74 Å². The second-order valence-corrected chi connectivity index (χ2v) is 6.25. The maximum atomic E-state index is 5.59. The summed E-state index contributed by atoms with van der Waals surface area (Å²) in [6, 6.07) is 11.5. The van der Waals surface area contributed by atoms with Crippen molar-refractivity contribution in [1.82, 2.24) is 5.32 Å². The number of hydrogen-bond donors (Lipinski definition) is 1. The van der Waals surface area contributed by atoms with Crippen molar-refractivity contribution in [2.24, 2.45) is 5.92 Å². The molecular weight excluding hydrogens is 234 g/mol. The van der Waals surface area contributed by atoms with Crippen molar-refractivity contribution < 1.29 is 4.74 Å².